The SMILES string of the molecule is COc1cc(C(=O)NC2CCN(CC(=O)N[C@H]3CCCC[C@@H]3C)CC2)cc(OC)c1OC. The lowest BCUT2D eigenvalue weighted by atomic mass is 9.86. The summed E-state index contributed by atoms with van der Waals surface area (Å²) in [5, 5.41) is 6.33. The van der Waals surface area contributed by atoms with E-state index in [1.165, 1.54) is 40.6 Å². The quantitative estimate of drug-likeness (QED) is 0.637. The molecule has 1 saturated carbocycles. The monoisotopic (exact) mass is 447 g/mol. The van der Waals surface area contributed by atoms with Crippen molar-refractivity contribution in [1.82, 2.24) is 15.5 Å². The number of benzene rings is 1. The summed E-state index contributed by atoms with van der Waals surface area (Å²) in [6.07, 6.45) is 6.37. The Balaban J connectivity index is 1.48. The van der Waals surface area contributed by atoms with Crippen molar-refractivity contribution in [2.24, 2.45) is 5.92 Å². The number of nitrogens with zero attached hydrogens (tertiary/aromatic N) is 1. The molecule has 1 aliphatic carbocycles. The Hall–Kier alpha value is -2.48. The summed E-state index contributed by atoms with van der Waals surface area (Å²) in [5.74, 6) is 1.86. The van der Waals surface area contributed by atoms with Crippen LogP contribution in [0.15, 0.2) is 12.1 Å². The molecule has 0 bridgehead atoms. The largest absolute Gasteiger partial charge is 0.493 e. The van der Waals surface area contributed by atoms with Gasteiger partial charge in [-0.2, -0.15) is 0 Å². The van der Waals surface area contributed by atoms with Gasteiger partial charge in [-0.25, -0.2) is 0 Å². The average molecular weight is 448 g/mol. The van der Waals surface area contributed by atoms with Crippen LogP contribution in [-0.4, -0.2) is 69.8 Å². The predicted molar refractivity (Wildman–Crippen MR) is 123 cm³/mol. The van der Waals surface area contributed by atoms with E-state index in [9.17, 15) is 9.59 Å². The number of carbonyl (C=O) groups excluding carboxylic acids is 2. The van der Waals surface area contributed by atoms with Crippen LogP contribution >= 0.6 is 0 Å². The zero-order valence-electron chi connectivity index (χ0n) is 19.7. The first kappa shape index (κ1) is 24.2. The third-order valence-corrected chi connectivity index (χ3v) is 6.67. The molecule has 0 aromatic heterocycles. The Morgan fingerprint density at radius 1 is 0.938 bits per heavy atom. The topological polar surface area (TPSA) is 89.1 Å². The van der Waals surface area contributed by atoms with Gasteiger partial charge in [0, 0.05) is 30.7 Å². The number of nitrogens with one attached hydrogen (secondary N) is 2. The summed E-state index contributed by atoms with van der Waals surface area (Å²) in [5.41, 5.74) is 0.461. The maximum Gasteiger partial charge on any atom is 0.251 e. The minimum Gasteiger partial charge on any atom is -0.493 e. The normalized spacial score (nSPS) is 22.1. The number of piperidine rings is 1. The van der Waals surface area contributed by atoms with Gasteiger partial charge in [0.25, 0.3) is 5.91 Å². The predicted octanol–water partition coefficient (Wildman–Crippen LogP) is 2.60. The molecule has 0 radical (unpaired) electrons. The third-order valence-electron chi connectivity index (χ3n) is 6.67. The highest BCUT2D eigenvalue weighted by Crippen LogP contribution is 2.38. The Morgan fingerprint density at radius 2 is 1.56 bits per heavy atom. The van der Waals surface area contributed by atoms with E-state index in [2.05, 4.69) is 22.5 Å². The van der Waals surface area contributed by atoms with Crippen molar-refractivity contribution >= 4 is 11.8 Å². The highest BCUT2D eigenvalue weighted by Gasteiger charge is 2.26. The molecule has 178 valence electrons. The average Bonchev–Trinajstić information content (AvgIpc) is 2.80. The van der Waals surface area contributed by atoms with Gasteiger partial charge < -0.3 is 24.8 Å². The number of ether oxygens (including phenoxy) is 3. The molecule has 32 heavy (non-hydrogen) atoms. The summed E-state index contributed by atoms with van der Waals surface area (Å²) >= 11 is 0. The number of methoxy groups -OCH3 is 3. The highest BCUT2D eigenvalue weighted by molar-refractivity contribution is 5.95. The molecule has 2 N–H and O–H groups in total. The van der Waals surface area contributed by atoms with E-state index in [-0.39, 0.29) is 17.9 Å². The molecule has 1 heterocycles. The molecule has 1 aliphatic heterocycles. The van der Waals surface area contributed by atoms with Crippen LogP contribution in [0.5, 0.6) is 17.2 Å². The lowest BCUT2D eigenvalue weighted by Gasteiger charge is -2.33. The second-order valence-corrected chi connectivity index (χ2v) is 8.87. The number of hydrogen-bond donors (Lipinski definition) is 2. The molecule has 2 atom stereocenters. The van der Waals surface area contributed by atoms with Crippen LogP contribution in [0.1, 0.15) is 55.8 Å². The maximum absolute atomic E-state index is 12.8. The molecule has 1 aromatic rings. The van der Waals surface area contributed by atoms with E-state index >= 15 is 0 Å². The fourth-order valence-electron chi connectivity index (χ4n) is 4.70. The van der Waals surface area contributed by atoms with Gasteiger partial charge in [-0.05, 0) is 43.7 Å². The molecule has 8 heteroatoms. The zero-order chi connectivity index (χ0) is 23.1. The standard InChI is InChI=1S/C24H37N3O5/c1-16-7-5-6-8-19(16)26-22(28)15-27-11-9-18(10-12-27)25-24(29)17-13-20(30-2)23(32-4)21(14-17)31-3/h13-14,16,18-19H,5-12,15H2,1-4H3,(H,25,29)(H,26,28)/t16-,19-/m0/s1. The third kappa shape index (κ3) is 6.06. The van der Waals surface area contributed by atoms with Crippen LogP contribution in [0, 0.1) is 5.92 Å². The molecule has 1 saturated heterocycles. The first-order valence-electron chi connectivity index (χ1n) is 11.6. The van der Waals surface area contributed by atoms with Gasteiger partial charge in [0.05, 0.1) is 27.9 Å². The summed E-state index contributed by atoms with van der Waals surface area (Å²) < 4.78 is 16.0. The van der Waals surface area contributed by atoms with Crippen molar-refractivity contribution in [2.45, 2.75) is 57.5 Å². The fourth-order valence-corrected chi connectivity index (χ4v) is 4.70. The van der Waals surface area contributed by atoms with Gasteiger partial charge in [0.15, 0.2) is 11.5 Å². The summed E-state index contributed by atoms with van der Waals surface area (Å²) in [6.45, 7) is 4.23. The number of rotatable bonds is 8. The molecule has 0 spiro atoms. The van der Waals surface area contributed by atoms with E-state index in [4.69, 9.17) is 14.2 Å². The Labute approximate surface area is 191 Å². The van der Waals surface area contributed by atoms with Gasteiger partial charge in [0.2, 0.25) is 11.7 Å². The first-order valence-corrected chi connectivity index (χ1v) is 11.6. The summed E-state index contributed by atoms with van der Waals surface area (Å²) in [4.78, 5) is 27.5. The van der Waals surface area contributed by atoms with Crippen LogP contribution in [0.4, 0.5) is 0 Å². The van der Waals surface area contributed by atoms with Gasteiger partial charge in [-0.1, -0.05) is 19.8 Å². The van der Waals surface area contributed by atoms with Gasteiger partial charge in [-0.3, -0.25) is 14.5 Å². The van der Waals surface area contributed by atoms with Crippen molar-refractivity contribution < 1.29 is 23.8 Å². The Morgan fingerprint density at radius 3 is 2.12 bits per heavy atom. The Bertz CT molecular complexity index is 767. The van der Waals surface area contributed by atoms with E-state index in [0.717, 1.165) is 32.4 Å². The molecule has 2 fully saturated rings. The van der Waals surface area contributed by atoms with E-state index < -0.39 is 0 Å². The van der Waals surface area contributed by atoms with Gasteiger partial charge in [-0.15, -0.1) is 0 Å². The highest BCUT2D eigenvalue weighted by atomic mass is 16.5. The van der Waals surface area contributed by atoms with Crippen LogP contribution in [0.3, 0.4) is 0 Å². The fraction of sp³-hybridized carbons (Fsp3) is 0.667. The van der Waals surface area contributed by atoms with Gasteiger partial charge in [0.1, 0.15) is 0 Å². The van der Waals surface area contributed by atoms with E-state index in [0.29, 0.717) is 41.3 Å². The lowest BCUT2D eigenvalue weighted by molar-refractivity contribution is -0.123. The first-order chi connectivity index (χ1) is 15.4. The molecule has 8 nitrogen and oxygen atoms in total. The minimum atomic E-state index is -0.174. The lowest BCUT2D eigenvalue weighted by Crippen LogP contribution is -2.49. The van der Waals surface area contributed by atoms with Crippen molar-refractivity contribution in [3.05, 3.63) is 17.7 Å². The number of amides is 2. The number of carbonyl (C=O) groups is 2. The van der Waals surface area contributed by atoms with Crippen molar-refractivity contribution in [3.63, 3.8) is 0 Å². The van der Waals surface area contributed by atoms with Crippen molar-refractivity contribution in [2.75, 3.05) is 41.0 Å². The maximum atomic E-state index is 12.8. The van der Waals surface area contributed by atoms with Crippen LogP contribution in [-0.2, 0) is 4.79 Å². The zero-order valence-corrected chi connectivity index (χ0v) is 19.7. The second kappa shape index (κ2) is 11.4. The van der Waals surface area contributed by atoms with Crippen molar-refractivity contribution in [3.8, 4) is 17.2 Å². The molecular formula is C24H37N3O5. The number of likely N-dealkylation sites (tertiary alicyclic amines) is 1. The van der Waals surface area contributed by atoms with Crippen LogP contribution in [0.25, 0.3) is 0 Å². The van der Waals surface area contributed by atoms with Crippen molar-refractivity contribution in [1.29, 1.82) is 0 Å². The summed E-state index contributed by atoms with van der Waals surface area (Å²) in [6, 6.07) is 3.69. The Kier molecular flexibility index (Phi) is 8.61. The molecule has 1 aromatic carbocycles. The molecular weight excluding hydrogens is 410 g/mol. The minimum absolute atomic E-state index is 0.0688. The molecule has 0 unspecified atom stereocenters. The van der Waals surface area contributed by atoms with E-state index in [1.54, 1.807) is 12.1 Å². The van der Waals surface area contributed by atoms with Crippen LogP contribution in [0.2, 0.25) is 0 Å². The van der Waals surface area contributed by atoms with E-state index in [1.807, 2.05) is 0 Å². The molecule has 2 aliphatic rings. The number of hydrogen-bond acceptors (Lipinski definition) is 6. The van der Waals surface area contributed by atoms with Gasteiger partial charge >= 0.3 is 0 Å². The molecule has 2 amide bonds. The smallest absolute Gasteiger partial charge is 0.251 e. The second-order valence-electron chi connectivity index (χ2n) is 8.87. The summed E-state index contributed by atoms with van der Waals surface area (Å²) in [7, 11) is 4.59. The molecule has 3 rings (SSSR count). The van der Waals surface area contributed by atoms with Crippen LogP contribution < -0.4 is 24.8 Å².